The minimum atomic E-state index is 0.167. The van der Waals surface area contributed by atoms with Crippen molar-refractivity contribution in [2.45, 2.75) is 20.8 Å². The van der Waals surface area contributed by atoms with Gasteiger partial charge in [0.1, 0.15) is 5.78 Å². The number of aliphatic hydroxyl groups excluding tert-OH is 1. The highest BCUT2D eigenvalue weighted by Crippen LogP contribution is 1.79. The molecule has 0 saturated heterocycles. The van der Waals surface area contributed by atoms with Crippen LogP contribution in [0.1, 0.15) is 20.8 Å². The quantitative estimate of drug-likeness (QED) is 0.668. The van der Waals surface area contributed by atoms with E-state index in [1.54, 1.807) is 6.92 Å². The summed E-state index contributed by atoms with van der Waals surface area (Å²) in [6, 6.07) is 12.0. The third-order valence-electron chi connectivity index (χ3n) is 0.667. The van der Waals surface area contributed by atoms with E-state index in [9.17, 15) is 4.79 Å². The van der Waals surface area contributed by atoms with Crippen molar-refractivity contribution in [1.29, 1.82) is 0 Å². The molecule has 13 heavy (non-hydrogen) atoms. The van der Waals surface area contributed by atoms with Gasteiger partial charge in [0.25, 0.3) is 0 Å². The lowest BCUT2D eigenvalue weighted by Crippen LogP contribution is -1.69. The maximum absolute atomic E-state index is 9.44. The first kappa shape index (κ1) is 14.4. The van der Waals surface area contributed by atoms with Crippen molar-refractivity contribution < 1.29 is 9.90 Å². The van der Waals surface area contributed by atoms with E-state index in [0.717, 1.165) is 0 Å². The summed E-state index contributed by atoms with van der Waals surface area (Å²) in [5, 5.41) is 7.57. The first-order chi connectivity index (χ1) is 6.15. The Kier molecular flexibility index (Phi) is 14.9. The van der Waals surface area contributed by atoms with Crippen molar-refractivity contribution >= 4 is 5.78 Å². The van der Waals surface area contributed by atoms with Gasteiger partial charge in [-0.25, -0.2) is 0 Å². The van der Waals surface area contributed by atoms with Crippen molar-refractivity contribution in [3.05, 3.63) is 36.4 Å². The molecule has 1 aromatic carbocycles. The molecular weight excluding hydrogens is 164 g/mol. The lowest BCUT2D eigenvalue weighted by atomic mass is 10.4. The maximum Gasteiger partial charge on any atom is 0.126 e. The molecule has 0 aliphatic rings. The predicted octanol–water partition coefficient (Wildman–Crippen LogP) is 2.28. The van der Waals surface area contributed by atoms with Crippen molar-refractivity contribution in [3.8, 4) is 0 Å². The highest BCUT2D eigenvalue weighted by molar-refractivity contribution is 5.72. The van der Waals surface area contributed by atoms with Crippen molar-refractivity contribution in [1.82, 2.24) is 0 Å². The molecule has 1 aromatic rings. The fourth-order valence-electron chi connectivity index (χ4n) is 0.385. The standard InChI is InChI=1S/C6H6.C3H6O.C2H6O/c1-2-4-6-5-3-1;1-3(2)4;1-2-3/h1-6H;1-2H3;3H,2H2,1H3. The van der Waals surface area contributed by atoms with Gasteiger partial charge in [-0.3, -0.25) is 0 Å². The van der Waals surface area contributed by atoms with E-state index in [4.69, 9.17) is 5.11 Å². The van der Waals surface area contributed by atoms with E-state index < -0.39 is 0 Å². The predicted molar refractivity (Wildman–Crippen MR) is 55.6 cm³/mol. The van der Waals surface area contributed by atoms with Crippen LogP contribution in [0.2, 0.25) is 0 Å². The number of Topliss-reactive ketones (excluding diaryl/α,β-unsaturated/α-hetero) is 1. The Balaban J connectivity index is 0. The molecule has 0 radical (unpaired) electrons. The first-order valence-electron chi connectivity index (χ1n) is 4.23. The molecule has 2 nitrogen and oxygen atoms in total. The number of benzene rings is 1. The van der Waals surface area contributed by atoms with Gasteiger partial charge in [-0.15, -0.1) is 0 Å². The van der Waals surface area contributed by atoms with Crippen molar-refractivity contribution in [2.75, 3.05) is 6.61 Å². The summed E-state index contributed by atoms with van der Waals surface area (Å²) in [5.41, 5.74) is 0. The molecule has 2 heteroatoms. The van der Waals surface area contributed by atoms with Gasteiger partial charge in [-0.1, -0.05) is 36.4 Å². The Morgan fingerprint density at radius 1 is 1.00 bits per heavy atom. The Bertz CT molecular complexity index is 152. The molecule has 74 valence electrons. The molecule has 0 saturated carbocycles. The van der Waals surface area contributed by atoms with E-state index in [1.807, 2.05) is 36.4 Å². The van der Waals surface area contributed by atoms with E-state index in [0.29, 0.717) is 0 Å². The molecule has 0 aliphatic heterocycles. The van der Waals surface area contributed by atoms with E-state index in [1.165, 1.54) is 13.8 Å². The Morgan fingerprint density at radius 3 is 1.15 bits per heavy atom. The molecule has 0 unspecified atom stereocenters. The highest BCUT2D eigenvalue weighted by atomic mass is 16.2. The number of ketones is 1. The average molecular weight is 182 g/mol. The zero-order valence-electron chi connectivity index (χ0n) is 8.53. The smallest absolute Gasteiger partial charge is 0.126 e. The second kappa shape index (κ2) is 13.4. The topological polar surface area (TPSA) is 37.3 Å². The van der Waals surface area contributed by atoms with Gasteiger partial charge in [-0.2, -0.15) is 0 Å². The van der Waals surface area contributed by atoms with Crippen molar-refractivity contribution in [3.63, 3.8) is 0 Å². The lowest BCUT2D eigenvalue weighted by molar-refractivity contribution is -0.114. The molecule has 0 amide bonds. The molecule has 0 fully saturated rings. The fourth-order valence-corrected chi connectivity index (χ4v) is 0.385. The van der Waals surface area contributed by atoms with Gasteiger partial charge in [0.15, 0.2) is 0 Å². The van der Waals surface area contributed by atoms with Gasteiger partial charge in [0, 0.05) is 6.61 Å². The second-order valence-electron chi connectivity index (χ2n) is 2.38. The van der Waals surface area contributed by atoms with Crippen LogP contribution in [0, 0.1) is 0 Å². The van der Waals surface area contributed by atoms with Crippen LogP contribution >= 0.6 is 0 Å². The molecule has 0 spiro atoms. The number of hydrogen-bond acceptors (Lipinski definition) is 2. The van der Waals surface area contributed by atoms with Crippen LogP contribution in [0.4, 0.5) is 0 Å². The van der Waals surface area contributed by atoms with Gasteiger partial charge >= 0.3 is 0 Å². The van der Waals surface area contributed by atoms with Crippen LogP contribution < -0.4 is 0 Å². The molecule has 0 aromatic heterocycles. The Labute approximate surface area is 80.2 Å². The van der Waals surface area contributed by atoms with Gasteiger partial charge in [0.2, 0.25) is 0 Å². The zero-order valence-corrected chi connectivity index (χ0v) is 8.53. The zero-order chi connectivity index (χ0) is 10.5. The molecular formula is C11H18O2. The number of aliphatic hydroxyl groups is 1. The van der Waals surface area contributed by atoms with Gasteiger partial charge < -0.3 is 9.90 Å². The molecule has 0 heterocycles. The van der Waals surface area contributed by atoms with E-state index in [2.05, 4.69) is 0 Å². The molecule has 1 N–H and O–H groups in total. The maximum atomic E-state index is 9.44. The van der Waals surface area contributed by atoms with Crippen LogP contribution in [-0.4, -0.2) is 17.5 Å². The first-order valence-corrected chi connectivity index (χ1v) is 4.23. The Hall–Kier alpha value is -1.15. The van der Waals surface area contributed by atoms with Gasteiger partial charge in [0.05, 0.1) is 0 Å². The summed E-state index contributed by atoms with van der Waals surface area (Å²) in [7, 11) is 0. The minimum absolute atomic E-state index is 0.167. The normalized spacial score (nSPS) is 7.08. The fraction of sp³-hybridized carbons (Fsp3) is 0.364. The van der Waals surface area contributed by atoms with Crippen LogP contribution in [0.25, 0.3) is 0 Å². The molecule has 0 bridgehead atoms. The minimum Gasteiger partial charge on any atom is -0.397 e. The number of rotatable bonds is 0. The third kappa shape index (κ3) is 36.1. The van der Waals surface area contributed by atoms with E-state index in [-0.39, 0.29) is 12.4 Å². The summed E-state index contributed by atoms with van der Waals surface area (Å²) in [6.07, 6.45) is 0. The molecule has 0 atom stereocenters. The average Bonchev–Trinajstić information content (AvgIpc) is 2.08. The second-order valence-corrected chi connectivity index (χ2v) is 2.38. The van der Waals surface area contributed by atoms with Crippen LogP contribution in [0.5, 0.6) is 0 Å². The SMILES string of the molecule is CC(C)=O.CCO.c1ccccc1. The van der Waals surface area contributed by atoms with Crippen molar-refractivity contribution in [2.24, 2.45) is 0 Å². The number of hydrogen-bond donors (Lipinski definition) is 1. The number of carbonyl (C=O) groups is 1. The molecule has 0 aliphatic carbocycles. The Morgan fingerprint density at radius 2 is 1.08 bits per heavy atom. The lowest BCUT2D eigenvalue weighted by Gasteiger charge is -1.69. The summed E-state index contributed by atoms with van der Waals surface area (Å²) < 4.78 is 0. The summed E-state index contributed by atoms with van der Waals surface area (Å²) in [5.74, 6) is 0.167. The van der Waals surface area contributed by atoms with E-state index >= 15 is 0 Å². The summed E-state index contributed by atoms with van der Waals surface area (Å²) in [6.45, 7) is 4.99. The van der Waals surface area contributed by atoms with Crippen LogP contribution in [-0.2, 0) is 4.79 Å². The van der Waals surface area contributed by atoms with Crippen LogP contribution in [0.15, 0.2) is 36.4 Å². The summed E-state index contributed by atoms with van der Waals surface area (Å²) >= 11 is 0. The summed E-state index contributed by atoms with van der Waals surface area (Å²) in [4.78, 5) is 9.44. The van der Waals surface area contributed by atoms with Crippen LogP contribution in [0.3, 0.4) is 0 Å². The van der Waals surface area contributed by atoms with Gasteiger partial charge in [-0.05, 0) is 20.8 Å². The largest absolute Gasteiger partial charge is 0.397 e. The monoisotopic (exact) mass is 182 g/mol. The molecule has 1 rings (SSSR count). The number of carbonyl (C=O) groups excluding carboxylic acids is 1. The highest BCUT2D eigenvalue weighted by Gasteiger charge is 1.62. The third-order valence-corrected chi connectivity index (χ3v) is 0.667.